The van der Waals surface area contributed by atoms with Crippen LogP contribution in [0.1, 0.15) is 58.8 Å². The molecule has 0 bridgehead atoms. The van der Waals surface area contributed by atoms with Gasteiger partial charge in [0.25, 0.3) is 0 Å². The average Bonchev–Trinajstić information content (AvgIpc) is 3.41. The summed E-state index contributed by atoms with van der Waals surface area (Å²) in [6.07, 6.45) is 6.50. The highest BCUT2D eigenvalue weighted by atomic mass is 16.3. The van der Waals surface area contributed by atoms with Gasteiger partial charge in [0, 0.05) is 17.8 Å². The second kappa shape index (κ2) is 3.96. The quantitative estimate of drug-likeness (QED) is 0.718. The van der Waals surface area contributed by atoms with Crippen LogP contribution in [0.4, 0.5) is 0 Å². The van der Waals surface area contributed by atoms with Crippen LogP contribution in [0.5, 0.6) is 0 Å². The Balaban J connectivity index is 1.45. The van der Waals surface area contributed by atoms with Crippen LogP contribution < -0.4 is 0 Å². The number of hydrogen-bond donors (Lipinski definition) is 2. The summed E-state index contributed by atoms with van der Waals surface area (Å²) in [5.41, 5.74) is -0.760. The molecule has 4 unspecified atom stereocenters. The van der Waals surface area contributed by atoms with Gasteiger partial charge >= 0.3 is 0 Å². The van der Waals surface area contributed by atoms with Gasteiger partial charge in [-0.15, -0.1) is 0 Å². The molecule has 3 nitrogen and oxygen atoms in total. The number of ketones is 1. The van der Waals surface area contributed by atoms with Crippen molar-refractivity contribution in [2.45, 2.75) is 70.5 Å². The number of rotatable bonds is 0. The van der Waals surface area contributed by atoms with Crippen LogP contribution in [0.3, 0.4) is 0 Å². The molecule has 0 heterocycles. The van der Waals surface area contributed by atoms with Crippen LogP contribution in [0.15, 0.2) is 0 Å². The zero-order valence-electron chi connectivity index (χ0n) is 14.9. The summed E-state index contributed by atoms with van der Waals surface area (Å²) in [4.78, 5) is 12.9. The highest BCUT2D eigenvalue weighted by Crippen LogP contribution is 2.78. The third kappa shape index (κ3) is 1.37. The van der Waals surface area contributed by atoms with Crippen molar-refractivity contribution in [3.8, 4) is 0 Å². The van der Waals surface area contributed by atoms with Crippen LogP contribution in [-0.4, -0.2) is 27.7 Å². The number of carbonyl (C=O) groups is 1. The summed E-state index contributed by atoms with van der Waals surface area (Å²) >= 11 is 0. The molecule has 0 amide bonds. The minimum Gasteiger partial charge on any atom is -0.393 e. The second-order valence-corrected chi connectivity index (χ2v) is 10.8. The van der Waals surface area contributed by atoms with Crippen LogP contribution in [0, 0.1) is 52.3 Å². The van der Waals surface area contributed by atoms with Crippen LogP contribution in [0.2, 0.25) is 0 Å². The number of aliphatic hydroxyl groups excluding tert-OH is 1. The molecule has 6 rings (SSSR count). The molecule has 3 heteroatoms. The van der Waals surface area contributed by atoms with Crippen molar-refractivity contribution in [3.63, 3.8) is 0 Å². The molecule has 0 spiro atoms. The predicted molar refractivity (Wildman–Crippen MR) is 88.9 cm³/mol. The Morgan fingerprint density at radius 1 is 1.04 bits per heavy atom. The lowest BCUT2D eigenvalue weighted by Crippen LogP contribution is -2.64. The molecular formula is C21H30O3. The Hall–Kier alpha value is -0.410. The molecule has 0 radical (unpaired) electrons. The Morgan fingerprint density at radius 2 is 1.83 bits per heavy atom. The van der Waals surface area contributed by atoms with Crippen molar-refractivity contribution in [3.05, 3.63) is 0 Å². The molecule has 6 saturated carbocycles. The molecule has 0 aromatic carbocycles. The van der Waals surface area contributed by atoms with Crippen molar-refractivity contribution in [2.24, 2.45) is 52.3 Å². The predicted octanol–water partition coefficient (Wildman–Crippen LogP) is 2.79. The van der Waals surface area contributed by atoms with Gasteiger partial charge in [0.1, 0.15) is 5.78 Å². The van der Waals surface area contributed by atoms with Crippen molar-refractivity contribution in [2.75, 3.05) is 0 Å². The fourth-order valence-corrected chi connectivity index (χ4v) is 8.83. The Labute approximate surface area is 144 Å². The van der Waals surface area contributed by atoms with Gasteiger partial charge in [-0.3, -0.25) is 4.79 Å². The van der Waals surface area contributed by atoms with E-state index in [-0.39, 0.29) is 16.9 Å². The van der Waals surface area contributed by atoms with Crippen molar-refractivity contribution in [1.82, 2.24) is 0 Å². The van der Waals surface area contributed by atoms with E-state index in [1.54, 1.807) is 0 Å². The Morgan fingerprint density at radius 3 is 2.62 bits per heavy atom. The molecule has 2 N–H and O–H groups in total. The minimum absolute atomic E-state index is 0.0497. The maximum absolute atomic E-state index is 12.9. The molecule has 6 aliphatic rings. The highest BCUT2D eigenvalue weighted by Gasteiger charge is 2.78. The van der Waals surface area contributed by atoms with E-state index < -0.39 is 5.60 Å². The summed E-state index contributed by atoms with van der Waals surface area (Å²) in [7, 11) is 0. The van der Waals surface area contributed by atoms with Crippen molar-refractivity contribution >= 4 is 5.78 Å². The van der Waals surface area contributed by atoms with Gasteiger partial charge in [0.2, 0.25) is 0 Å². The topological polar surface area (TPSA) is 57.5 Å². The standard InChI is InChI=1S/C21H30O3/c1-19-5-4-14-16(17(19)11-7-12(11)18(19)23)13-8-15(13)21(24)9-10(22)3-6-20(14,21)2/h10-17,22,24H,3-9H2,1-2H3/t10-,11?,12?,13-,14-,15?,16?,17-,19-,20+,21+/m0/s1. The largest absolute Gasteiger partial charge is 0.393 e. The SMILES string of the molecule is C[C@]12CC[C@H]3C([C@H]4CC4[C@]4(O)C[C@@H](O)CC[C@]34C)[C@@H]1C1CC1C2=O. The summed E-state index contributed by atoms with van der Waals surface area (Å²) in [6, 6.07) is 0. The fraction of sp³-hybridized carbons (Fsp3) is 0.952. The number of carbonyl (C=O) groups excluding carboxylic acids is 1. The third-order valence-corrected chi connectivity index (χ3v) is 10.1. The first-order valence-corrected chi connectivity index (χ1v) is 10.3. The molecule has 132 valence electrons. The van der Waals surface area contributed by atoms with Gasteiger partial charge in [-0.1, -0.05) is 13.8 Å². The number of aliphatic hydroxyl groups is 2. The van der Waals surface area contributed by atoms with Crippen molar-refractivity contribution < 1.29 is 15.0 Å². The van der Waals surface area contributed by atoms with Gasteiger partial charge in [-0.2, -0.15) is 0 Å². The van der Waals surface area contributed by atoms with E-state index in [4.69, 9.17) is 0 Å². The summed E-state index contributed by atoms with van der Waals surface area (Å²) in [5.74, 6) is 4.46. The second-order valence-electron chi connectivity index (χ2n) is 10.8. The van der Waals surface area contributed by atoms with Gasteiger partial charge < -0.3 is 10.2 Å². The minimum atomic E-state index is -0.657. The molecule has 6 fully saturated rings. The molecule has 6 aliphatic carbocycles. The molecule has 0 aromatic heterocycles. The average molecular weight is 330 g/mol. The number of hydrogen-bond acceptors (Lipinski definition) is 3. The summed E-state index contributed by atoms with van der Waals surface area (Å²) in [5, 5.41) is 21.9. The van der Waals surface area contributed by atoms with E-state index in [1.165, 1.54) is 0 Å². The van der Waals surface area contributed by atoms with E-state index in [1.807, 2.05) is 0 Å². The van der Waals surface area contributed by atoms with E-state index in [0.717, 1.165) is 38.5 Å². The maximum Gasteiger partial charge on any atom is 0.142 e. The van der Waals surface area contributed by atoms with E-state index in [2.05, 4.69) is 13.8 Å². The van der Waals surface area contributed by atoms with Crippen LogP contribution in [-0.2, 0) is 4.79 Å². The molecule has 0 aromatic rings. The molecule has 0 aliphatic heterocycles. The Bertz CT molecular complexity index is 645. The van der Waals surface area contributed by atoms with Crippen molar-refractivity contribution in [1.29, 1.82) is 0 Å². The monoisotopic (exact) mass is 330 g/mol. The normalized spacial score (nSPS) is 69.1. The molecule has 24 heavy (non-hydrogen) atoms. The van der Waals surface area contributed by atoms with Gasteiger partial charge in [-0.25, -0.2) is 0 Å². The first-order valence-electron chi connectivity index (χ1n) is 10.3. The zero-order chi connectivity index (χ0) is 16.6. The fourth-order valence-electron chi connectivity index (χ4n) is 8.83. The molecular weight excluding hydrogens is 300 g/mol. The number of Topliss-reactive ketones (excluding diaryl/α,β-unsaturated/α-hetero) is 1. The van der Waals surface area contributed by atoms with E-state index in [9.17, 15) is 15.0 Å². The number of fused-ring (bicyclic) bond motifs is 10. The van der Waals surface area contributed by atoms with E-state index >= 15 is 0 Å². The molecule has 11 atom stereocenters. The first-order chi connectivity index (χ1) is 11.3. The highest BCUT2D eigenvalue weighted by molar-refractivity contribution is 5.92. The first kappa shape index (κ1) is 14.7. The maximum atomic E-state index is 12.9. The smallest absolute Gasteiger partial charge is 0.142 e. The Kier molecular flexibility index (Phi) is 2.43. The van der Waals surface area contributed by atoms with Gasteiger partial charge in [0.05, 0.1) is 11.7 Å². The summed E-state index contributed by atoms with van der Waals surface area (Å²) < 4.78 is 0. The van der Waals surface area contributed by atoms with Gasteiger partial charge in [0.15, 0.2) is 0 Å². The lowest BCUT2D eigenvalue weighted by atomic mass is 9.43. The third-order valence-electron chi connectivity index (χ3n) is 10.1. The van der Waals surface area contributed by atoms with Crippen LogP contribution >= 0.6 is 0 Å². The zero-order valence-corrected chi connectivity index (χ0v) is 14.9. The van der Waals surface area contributed by atoms with Gasteiger partial charge in [-0.05, 0) is 79.4 Å². The lowest BCUT2D eigenvalue weighted by Gasteiger charge is -2.63. The van der Waals surface area contributed by atoms with Crippen LogP contribution in [0.25, 0.3) is 0 Å². The van der Waals surface area contributed by atoms with E-state index in [0.29, 0.717) is 53.6 Å². The molecule has 0 saturated heterocycles. The summed E-state index contributed by atoms with van der Waals surface area (Å²) in [6.45, 7) is 4.60. The lowest BCUT2D eigenvalue weighted by molar-refractivity contribution is -0.225.